The Bertz CT molecular complexity index is 420. The van der Waals surface area contributed by atoms with E-state index in [2.05, 4.69) is 6.58 Å². The van der Waals surface area contributed by atoms with Gasteiger partial charge in [0.05, 0.1) is 0 Å². The first-order valence-corrected chi connectivity index (χ1v) is 5.11. The van der Waals surface area contributed by atoms with Crippen LogP contribution in [0.15, 0.2) is 36.9 Å². The minimum absolute atomic E-state index is 0.376. The molecule has 4 nitrogen and oxygen atoms in total. The molecule has 0 saturated carbocycles. The number of carbonyl (C=O) groups excluding carboxylic acids is 2. The van der Waals surface area contributed by atoms with E-state index in [-0.39, 0.29) is 11.9 Å². The van der Waals surface area contributed by atoms with Crippen LogP contribution in [-0.2, 0) is 14.3 Å². The molecule has 17 heavy (non-hydrogen) atoms. The molecular weight excluding hydrogens is 220 g/mol. The van der Waals surface area contributed by atoms with E-state index in [0.29, 0.717) is 5.75 Å². The van der Waals surface area contributed by atoms with Gasteiger partial charge in [-0.2, -0.15) is 0 Å². The summed E-state index contributed by atoms with van der Waals surface area (Å²) in [4.78, 5) is 21.6. The third-order valence-corrected chi connectivity index (χ3v) is 1.98. The van der Waals surface area contributed by atoms with Crippen LogP contribution in [0.5, 0.6) is 5.75 Å². The number of hydrogen-bond donors (Lipinski definition) is 0. The van der Waals surface area contributed by atoms with Crippen molar-refractivity contribution in [3.05, 3.63) is 42.5 Å². The maximum absolute atomic E-state index is 10.9. The van der Waals surface area contributed by atoms with E-state index in [9.17, 15) is 9.59 Å². The van der Waals surface area contributed by atoms with Crippen LogP contribution in [0.4, 0.5) is 0 Å². The van der Waals surface area contributed by atoms with E-state index in [1.165, 1.54) is 19.9 Å². The van der Waals surface area contributed by atoms with Crippen molar-refractivity contribution in [2.24, 2.45) is 0 Å². The molecule has 0 saturated heterocycles. The predicted octanol–water partition coefficient (Wildman–Crippen LogP) is 2.40. The Morgan fingerprint density at radius 3 is 2.18 bits per heavy atom. The minimum Gasteiger partial charge on any atom is -0.453 e. The van der Waals surface area contributed by atoms with Gasteiger partial charge in [-0.25, -0.2) is 0 Å². The molecule has 1 rings (SSSR count). The minimum atomic E-state index is -0.487. The monoisotopic (exact) mass is 234 g/mol. The molecule has 0 bridgehead atoms. The molecule has 0 fully saturated rings. The predicted molar refractivity (Wildman–Crippen MR) is 62.5 cm³/mol. The molecule has 1 aromatic carbocycles. The summed E-state index contributed by atoms with van der Waals surface area (Å²) in [5.74, 6) is -0.302. The summed E-state index contributed by atoms with van der Waals surface area (Å²) < 4.78 is 9.93. The van der Waals surface area contributed by atoms with Crippen LogP contribution in [0, 0.1) is 0 Å². The molecule has 0 aromatic heterocycles. The number of carbonyl (C=O) groups is 2. The van der Waals surface area contributed by atoms with Gasteiger partial charge in [-0.15, -0.1) is 0 Å². The van der Waals surface area contributed by atoms with Crippen LogP contribution in [-0.4, -0.2) is 11.9 Å². The van der Waals surface area contributed by atoms with Gasteiger partial charge < -0.3 is 9.47 Å². The summed E-state index contributed by atoms with van der Waals surface area (Å²) in [6.45, 7) is 6.27. The van der Waals surface area contributed by atoms with Crippen molar-refractivity contribution >= 4 is 11.9 Å². The van der Waals surface area contributed by atoms with Gasteiger partial charge in [-0.3, -0.25) is 9.59 Å². The molecule has 0 aliphatic heterocycles. The second-order valence-corrected chi connectivity index (χ2v) is 3.43. The summed E-state index contributed by atoms with van der Waals surface area (Å²) >= 11 is 0. The molecule has 4 heteroatoms. The first kappa shape index (κ1) is 13.0. The van der Waals surface area contributed by atoms with Crippen LogP contribution < -0.4 is 4.74 Å². The third-order valence-electron chi connectivity index (χ3n) is 1.98. The molecule has 1 aromatic rings. The fraction of sp³-hybridized carbons (Fsp3) is 0.231. The molecule has 0 N–H and O–H groups in total. The summed E-state index contributed by atoms with van der Waals surface area (Å²) in [6.07, 6.45) is 1.04. The van der Waals surface area contributed by atoms with Gasteiger partial charge >= 0.3 is 11.9 Å². The Morgan fingerprint density at radius 1 is 1.18 bits per heavy atom. The molecule has 1 atom stereocenters. The third kappa shape index (κ3) is 4.10. The fourth-order valence-electron chi connectivity index (χ4n) is 1.32. The second-order valence-electron chi connectivity index (χ2n) is 3.43. The van der Waals surface area contributed by atoms with Crippen molar-refractivity contribution in [2.45, 2.75) is 20.0 Å². The molecule has 90 valence electrons. The van der Waals surface area contributed by atoms with Crippen molar-refractivity contribution in [3.8, 4) is 5.75 Å². The Balaban J connectivity index is 2.81. The van der Waals surface area contributed by atoms with Gasteiger partial charge in [-0.05, 0) is 23.8 Å². The van der Waals surface area contributed by atoms with Crippen LogP contribution in [0.1, 0.15) is 25.5 Å². The molecular formula is C13H14O4. The van der Waals surface area contributed by atoms with Crippen molar-refractivity contribution in [2.75, 3.05) is 0 Å². The smallest absolute Gasteiger partial charge is 0.308 e. The zero-order chi connectivity index (χ0) is 12.8. The fourth-order valence-corrected chi connectivity index (χ4v) is 1.32. The maximum Gasteiger partial charge on any atom is 0.308 e. The van der Waals surface area contributed by atoms with E-state index in [1.807, 2.05) is 0 Å². The molecule has 0 aliphatic carbocycles. The average Bonchev–Trinajstić information content (AvgIpc) is 2.26. The maximum atomic E-state index is 10.9. The average molecular weight is 234 g/mol. The highest BCUT2D eigenvalue weighted by molar-refractivity contribution is 5.69. The highest BCUT2D eigenvalue weighted by atomic mass is 16.5. The second kappa shape index (κ2) is 5.84. The van der Waals surface area contributed by atoms with Gasteiger partial charge in [0.15, 0.2) is 0 Å². The van der Waals surface area contributed by atoms with Gasteiger partial charge in [0.2, 0.25) is 0 Å². The number of benzene rings is 1. The topological polar surface area (TPSA) is 52.6 Å². The number of ether oxygens (including phenoxy) is 2. The zero-order valence-electron chi connectivity index (χ0n) is 9.80. The highest BCUT2D eigenvalue weighted by Crippen LogP contribution is 2.21. The van der Waals surface area contributed by atoms with Gasteiger partial charge in [-0.1, -0.05) is 18.7 Å². The SMILES string of the molecule is C=C[C@@H](OC(C)=O)c1ccc(OC(C)=O)cc1. The van der Waals surface area contributed by atoms with Crippen molar-refractivity contribution in [3.63, 3.8) is 0 Å². The van der Waals surface area contributed by atoms with E-state index in [1.54, 1.807) is 24.3 Å². The first-order chi connectivity index (χ1) is 8.02. The molecule has 0 amide bonds. The van der Waals surface area contributed by atoms with Crippen LogP contribution in [0.25, 0.3) is 0 Å². The van der Waals surface area contributed by atoms with Crippen LogP contribution >= 0.6 is 0 Å². The largest absolute Gasteiger partial charge is 0.453 e. The Hall–Kier alpha value is -2.10. The van der Waals surface area contributed by atoms with E-state index in [0.717, 1.165) is 5.56 Å². The van der Waals surface area contributed by atoms with E-state index >= 15 is 0 Å². The zero-order valence-corrected chi connectivity index (χ0v) is 9.80. The Morgan fingerprint density at radius 2 is 1.76 bits per heavy atom. The lowest BCUT2D eigenvalue weighted by molar-refractivity contribution is -0.144. The number of hydrogen-bond acceptors (Lipinski definition) is 4. The van der Waals surface area contributed by atoms with Crippen LogP contribution in [0.3, 0.4) is 0 Å². The van der Waals surface area contributed by atoms with E-state index in [4.69, 9.17) is 9.47 Å². The summed E-state index contributed by atoms with van der Waals surface area (Å²) in [5.41, 5.74) is 0.770. The Labute approximate surface area is 99.8 Å². The van der Waals surface area contributed by atoms with Gasteiger partial charge in [0, 0.05) is 13.8 Å². The van der Waals surface area contributed by atoms with E-state index < -0.39 is 6.10 Å². The summed E-state index contributed by atoms with van der Waals surface area (Å²) in [6, 6.07) is 6.70. The van der Waals surface area contributed by atoms with Gasteiger partial charge in [0.25, 0.3) is 0 Å². The lowest BCUT2D eigenvalue weighted by Gasteiger charge is -2.13. The van der Waals surface area contributed by atoms with Crippen molar-refractivity contribution < 1.29 is 19.1 Å². The van der Waals surface area contributed by atoms with Gasteiger partial charge in [0.1, 0.15) is 11.9 Å². The summed E-state index contributed by atoms with van der Waals surface area (Å²) in [7, 11) is 0. The Kier molecular flexibility index (Phi) is 4.46. The highest BCUT2D eigenvalue weighted by Gasteiger charge is 2.10. The number of rotatable bonds is 4. The quantitative estimate of drug-likeness (QED) is 0.456. The normalized spacial score (nSPS) is 11.4. The lowest BCUT2D eigenvalue weighted by atomic mass is 10.1. The molecule has 0 spiro atoms. The molecule has 0 aliphatic rings. The number of esters is 2. The molecule has 0 heterocycles. The molecule has 0 radical (unpaired) electrons. The molecule has 0 unspecified atom stereocenters. The van der Waals surface area contributed by atoms with Crippen LogP contribution in [0.2, 0.25) is 0 Å². The lowest BCUT2D eigenvalue weighted by Crippen LogP contribution is -2.06. The first-order valence-electron chi connectivity index (χ1n) is 5.11. The van der Waals surface area contributed by atoms with Crippen molar-refractivity contribution in [1.82, 2.24) is 0 Å². The van der Waals surface area contributed by atoms with Crippen molar-refractivity contribution in [1.29, 1.82) is 0 Å². The summed E-state index contributed by atoms with van der Waals surface area (Å²) in [5, 5.41) is 0. The standard InChI is InChI=1S/C13H14O4/c1-4-13(17-10(3)15)11-5-7-12(8-6-11)16-9(2)14/h4-8,13H,1H2,2-3H3/t13-/m1/s1.